The Morgan fingerprint density at radius 2 is 1.90 bits per heavy atom. The molecule has 0 radical (unpaired) electrons. The number of alkyl halides is 3. The minimum absolute atomic E-state index is 0.0555. The molecule has 1 atom stereocenters. The van der Waals surface area contributed by atoms with Crippen LogP contribution < -0.4 is 10.6 Å². The van der Waals surface area contributed by atoms with Gasteiger partial charge in [-0.25, -0.2) is 18.6 Å². The predicted molar refractivity (Wildman–Crippen MR) is 96.8 cm³/mol. The summed E-state index contributed by atoms with van der Waals surface area (Å²) in [6.45, 7) is 0.412. The lowest BCUT2D eigenvalue weighted by molar-refractivity contribution is -0.137. The van der Waals surface area contributed by atoms with Crippen molar-refractivity contribution in [3.63, 3.8) is 0 Å². The highest BCUT2D eigenvalue weighted by molar-refractivity contribution is 6.33. The van der Waals surface area contributed by atoms with Gasteiger partial charge in [0.1, 0.15) is 12.1 Å². The monoisotopic (exact) mass is 462 g/mol. The molecule has 2 N–H and O–H groups in total. The van der Waals surface area contributed by atoms with Crippen molar-refractivity contribution in [3.05, 3.63) is 58.2 Å². The third kappa shape index (κ3) is 4.29. The lowest BCUT2D eigenvalue weighted by Crippen LogP contribution is -2.42. The summed E-state index contributed by atoms with van der Waals surface area (Å²) in [6, 6.07) is 2.19. The number of carbonyl (C=O) groups excluding carboxylic acids is 3. The fraction of sp³-hybridized carbons (Fsp3) is 0.222. The van der Waals surface area contributed by atoms with E-state index in [1.165, 1.54) is 6.92 Å². The van der Waals surface area contributed by atoms with E-state index >= 15 is 0 Å². The van der Waals surface area contributed by atoms with Crippen molar-refractivity contribution >= 4 is 35.3 Å². The van der Waals surface area contributed by atoms with Gasteiger partial charge in [0.05, 0.1) is 10.6 Å². The van der Waals surface area contributed by atoms with Gasteiger partial charge in [-0.05, 0) is 30.7 Å². The molecule has 31 heavy (non-hydrogen) atoms. The van der Waals surface area contributed by atoms with Crippen molar-refractivity contribution in [1.82, 2.24) is 15.2 Å². The quantitative estimate of drug-likeness (QED) is 0.538. The Kier molecular flexibility index (Phi) is 5.61. The first kappa shape index (κ1) is 22.4. The first-order chi connectivity index (χ1) is 14.3. The normalized spacial score (nSPS) is 18.9. The first-order valence-electron chi connectivity index (χ1n) is 8.45. The highest BCUT2D eigenvalue weighted by atomic mass is 35.5. The molecule has 1 unspecified atom stereocenters. The minimum atomic E-state index is -4.69. The van der Waals surface area contributed by atoms with Gasteiger partial charge in [0, 0.05) is 6.20 Å². The Bertz CT molecular complexity index is 1090. The van der Waals surface area contributed by atoms with Gasteiger partial charge < -0.3 is 10.6 Å². The van der Waals surface area contributed by atoms with Crippen LogP contribution in [0.4, 0.5) is 32.6 Å². The summed E-state index contributed by atoms with van der Waals surface area (Å²) < 4.78 is 64.7. The van der Waals surface area contributed by atoms with E-state index < -0.39 is 64.1 Å². The van der Waals surface area contributed by atoms with Gasteiger partial charge in [0.15, 0.2) is 17.5 Å². The van der Waals surface area contributed by atoms with Gasteiger partial charge in [0.2, 0.25) is 5.91 Å². The third-order valence-electron chi connectivity index (χ3n) is 4.50. The molecule has 0 saturated carbocycles. The number of imide groups is 1. The van der Waals surface area contributed by atoms with Crippen molar-refractivity contribution in [2.45, 2.75) is 18.6 Å². The second kappa shape index (κ2) is 7.76. The number of benzene rings is 1. The van der Waals surface area contributed by atoms with E-state index in [1.54, 1.807) is 0 Å². The maximum Gasteiger partial charge on any atom is 0.417 e. The highest BCUT2D eigenvalue weighted by Crippen LogP contribution is 2.33. The van der Waals surface area contributed by atoms with Crippen molar-refractivity contribution in [2.75, 3.05) is 11.9 Å². The van der Waals surface area contributed by atoms with Gasteiger partial charge in [-0.3, -0.25) is 14.5 Å². The zero-order valence-corrected chi connectivity index (χ0v) is 16.2. The molecule has 0 bridgehead atoms. The molecule has 3 rings (SSSR count). The zero-order valence-electron chi connectivity index (χ0n) is 15.5. The second-order valence-electron chi connectivity index (χ2n) is 6.68. The molecular formula is C18H12ClF5N4O3. The van der Waals surface area contributed by atoms with Crippen molar-refractivity contribution in [2.24, 2.45) is 0 Å². The molecule has 1 aliphatic rings. The smallest absolute Gasteiger partial charge is 0.319 e. The molecule has 2 aromatic rings. The van der Waals surface area contributed by atoms with Gasteiger partial charge >= 0.3 is 12.2 Å². The molecule has 4 amide bonds. The van der Waals surface area contributed by atoms with Crippen LogP contribution in [0.25, 0.3) is 0 Å². The van der Waals surface area contributed by atoms with Crippen LogP contribution in [0.2, 0.25) is 5.02 Å². The molecular weight excluding hydrogens is 451 g/mol. The SMILES string of the molecule is CC1(c2ccc(F)c(F)c2)NC(=O)N(CC(=O)Nc2ncc(C(F)(F)F)cc2Cl)C1=O. The maximum absolute atomic E-state index is 13.5. The van der Waals surface area contributed by atoms with Crippen LogP contribution in [0.3, 0.4) is 0 Å². The molecule has 1 saturated heterocycles. The number of nitrogens with one attached hydrogen (secondary N) is 2. The number of nitrogens with zero attached hydrogens (tertiary/aromatic N) is 2. The number of hydrogen-bond donors (Lipinski definition) is 2. The van der Waals surface area contributed by atoms with Crippen LogP contribution in [0.5, 0.6) is 0 Å². The molecule has 1 aromatic heterocycles. The van der Waals surface area contributed by atoms with Gasteiger partial charge in [-0.2, -0.15) is 13.2 Å². The van der Waals surface area contributed by atoms with Gasteiger partial charge in [-0.1, -0.05) is 17.7 Å². The highest BCUT2D eigenvalue weighted by Gasteiger charge is 2.49. The number of amides is 4. The second-order valence-corrected chi connectivity index (χ2v) is 7.08. The van der Waals surface area contributed by atoms with E-state index in [2.05, 4.69) is 15.6 Å². The van der Waals surface area contributed by atoms with Crippen LogP contribution in [-0.4, -0.2) is 34.3 Å². The van der Waals surface area contributed by atoms with E-state index in [9.17, 15) is 36.3 Å². The molecule has 1 aromatic carbocycles. The van der Waals surface area contributed by atoms with E-state index in [0.29, 0.717) is 17.2 Å². The number of anilines is 1. The Hall–Kier alpha value is -3.28. The van der Waals surface area contributed by atoms with Crippen LogP contribution >= 0.6 is 11.6 Å². The summed E-state index contributed by atoms with van der Waals surface area (Å²) in [7, 11) is 0. The van der Waals surface area contributed by atoms with Crippen LogP contribution in [0, 0.1) is 11.6 Å². The maximum atomic E-state index is 13.5. The van der Waals surface area contributed by atoms with E-state index in [1.807, 2.05) is 0 Å². The lowest BCUT2D eigenvalue weighted by atomic mass is 9.92. The number of urea groups is 1. The number of carbonyl (C=O) groups is 3. The predicted octanol–water partition coefficient (Wildman–Crippen LogP) is 3.44. The average Bonchev–Trinajstić information content (AvgIpc) is 2.88. The Labute approximate surface area is 176 Å². The average molecular weight is 463 g/mol. The van der Waals surface area contributed by atoms with E-state index in [4.69, 9.17) is 11.6 Å². The lowest BCUT2D eigenvalue weighted by Gasteiger charge is -2.22. The summed E-state index contributed by atoms with van der Waals surface area (Å²) in [4.78, 5) is 41.1. The molecule has 7 nitrogen and oxygen atoms in total. The summed E-state index contributed by atoms with van der Waals surface area (Å²) in [6.07, 6.45) is -4.24. The number of pyridine rings is 1. The topological polar surface area (TPSA) is 91.4 Å². The molecule has 0 aliphatic carbocycles. The molecule has 1 aliphatic heterocycles. The van der Waals surface area contributed by atoms with E-state index in [-0.39, 0.29) is 5.56 Å². The Balaban J connectivity index is 1.75. The first-order valence-corrected chi connectivity index (χ1v) is 8.83. The van der Waals surface area contributed by atoms with Crippen LogP contribution in [0.15, 0.2) is 30.5 Å². The number of rotatable bonds is 4. The Morgan fingerprint density at radius 3 is 2.48 bits per heavy atom. The molecule has 1 fully saturated rings. The molecule has 0 spiro atoms. The third-order valence-corrected chi connectivity index (χ3v) is 4.79. The standard InChI is InChI=1S/C18H12ClF5N4O3/c1-17(8-2-3-11(20)12(21)5-8)15(30)28(16(31)27-17)7-13(29)26-14-10(19)4-9(6-25-14)18(22,23)24/h2-6H,7H2,1H3,(H,27,31)(H,25,26,29). The fourth-order valence-corrected chi connectivity index (χ4v) is 3.06. The van der Waals surface area contributed by atoms with Gasteiger partial charge in [0.25, 0.3) is 5.91 Å². The number of aromatic nitrogens is 1. The van der Waals surface area contributed by atoms with Crippen molar-refractivity contribution < 1.29 is 36.3 Å². The minimum Gasteiger partial charge on any atom is -0.319 e. The summed E-state index contributed by atoms with van der Waals surface area (Å²) in [5, 5.41) is 3.90. The Morgan fingerprint density at radius 1 is 1.23 bits per heavy atom. The van der Waals surface area contributed by atoms with Crippen molar-refractivity contribution in [1.29, 1.82) is 0 Å². The number of halogens is 6. The van der Waals surface area contributed by atoms with Crippen molar-refractivity contribution in [3.8, 4) is 0 Å². The molecule has 164 valence electrons. The van der Waals surface area contributed by atoms with E-state index in [0.717, 1.165) is 18.2 Å². The van der Waals surface area contributed by atoms with Crippen LogP contribution in [0.1, 0.15) is 18.1 Å². The summed E-state index contributed by atoms with van der Waals surface area (Å²) in [5.74, 6) is -4.70. The van der Waals surface area contributed by atoms with Gasteiger partial charge in [-0.15, -0.1) is 0 Å². The summed E-state index contributed by atoms with van der Waals surface area (Å²) in [5.41, 5.74) is -2.96. The molecule has 13 heteroatoms. The zero-order chi connectivity index (χ0) is 23.1. The summed E-state index contributed by atoms with van der Waals surface area (Å²) >= 11 is 5.70. The largest absolute Gasteiger partial charge is 0.417 e. The number of hydrogen-bond acceptors (Lipinski definition) is 4. The molecule has 2 heterocycles. The fourth-order valence-electron chi connectivity index (χ4n) is 2.84. The van der Waals surface area contributed by atoms with Crippen LogP contribution in [-0.2, 0) is 21.3 Å².